The molecule has 1 heteroatoms. The second kappa shape index (κ2) is 8.05. The van der Waals surface area contributed by atoms with Crippen LogP contribution in [0.1, 0.15) is 87.2 Å². The smallest absolute Gasteiger partial charge is 0.0112 e. The van der Waals surface area contributed by atoms with Gasteiger partial charge in [0.1, 0.15) is 0 Å². The fraction of sp³-hybridized carbons (Fsp3) is 0.500. The van der Waals surface area contributed by atoms with Crippen LogP contribution in [0.15, 0.2) is 42.5 Å². The molecule has 0 heterocycles. The van der Waals surface area contributed by atoms with Crippen LogP contribution in [0.5, 0.6) is 0 Å². The molecule has 0 amide bonds. The van der Waals surface area contributed by atoms with Crippen molar-refractivity contribution >= 4 is 14.5 Å². The number of hydrogen-bond acceptors (Lipinski definition) is 0. The SMILES string of the molecule is Pc1cc(C2CCCCC2)ccc1-c1ccc(C2CCCCC2)cc1. The van der Waals surface area contributed by atoms with E-state index in [0.29, 0.717) is 0 Å². The van der Waals surface area contributed by atoms with Crippen LogP contribution >= 0.6 is 9.24 Å². The molecule has 2 aromatic carbocycles. The summed E-state index contributed by atoms with van der Waals surface area (Å²) in [6, 6.07) is 16.6. The zero-order chi connectivity index (χ0) is 17.1. The lowest BCUT2D eigenvalue weighted by molar-refractivity contribution is 0.443. The van der Waals surface area contributed by atoms with Gasteiger partial charge in [-0.3, -0.25) is 0 Å². The second-order valence-corrected chi connectivity index (χ2v) is 8.76. The van der Waals surface area contributed by atoms with Crippen LogP contribution in [-0.2, 0) is 0 Å². The van der Waals surface area contributed by atoms with E-state index >= 15 is 0 Å². The molecule has 0 nitrogen and oxygen atoms in total. The Kier molecular flexibility index (Phi) is 5.57. The first kappa shape index (κ1) is 17.3. The highest BCUT2D eigenvalue weighted by molar-refractivity contribution is 7.28. The van der Waals surface area contributed by atoms with Gasteiger partial charge in [0, 0.05) is 0 Å². The van der Waals surface area contributed by atoms with Crippen molar-refractivity contribution in [3.05, 3.63) is 53.6 Å². The van der Waals surface area contributed by atoms with Gasteiger partial charge in [-0.1, -0.05) is 81.0 Å². The third-order valence-corrected chi connectivity index (χ3v) is 6.93. The standard InChI is InChI=1S/C24H31P/c25-24-17-22(19-9-5-2-6-10-19)15-16-23(24)21-13-11-20(12-14-21)18-7-3-1-4-8-18/h11-19H,1-10,25H2. The molecule has 132 valence electrons. The first-order valence-electron chi connectivity index (χ1n) is 10.3. The van der Waals surface area contributed by atoms with Crippen molar-refractivity contribution in [2.75, 3.05) is 0 Å². The Morgan fingerprint density at radius 2 is 1.12 bits per heavy atom. The van der Waals surface area contributed by atoms with E-state index in [1.807, 2.05) is 0 Å². The van der Waals surface area contributed by atoms with Crippen molar-refractivity contribution in [3.63, 3.8) is 0 Å². The van der Waals surface area contributed by atoms with Gasteiger partial charge < -0.3 is 0 Å². The zero-order valence-corrected chi connectivity index (χ0v) is 16.5. The maximum atomic E-state index is 2.98. The topological polar surface area (TPSA) is 0 Å². The molecule has 0 bridgehead atoms. The lowest BCUT2D eigenvalue weighted by Gasteiger charge is -2.23. The summed E-state index contributed by atoms with van der Waals surface area (Å²) in [5.74, 6) is 1.59. The number of benzene rings is 2. The summed E-state index contributed by atoms with van der Waals surface area (Å²) >= 11 is 0. The average molecular weight is 350 g/mol. The lowest BCUT2D eigenvalue weighted by Crippen LogP contribution is -2.08. The number of rotatable bonds is 3. The minimum atomic E-state index is 0.788. The number of hydrogen-bond donors (Lipinski definition) is 0. The van der Waals surface area contributed by atoms with Gasteiger partial charge in [0.05, 0.1) is 0 Å². The summed E-state index contributed by atoms with van der Waals surface area (Å²) in [5, 5.41) is 1.36. The molecule has 2 aromatic rings. The first-order chi connectivity index (χ1) is 12.3. The summed E-state index contributed by atoms with van der Waals surface area (Å²) < 4.78 is 0. The van der Waals surface area contributed by atoms with Gasteiger partial charge in [0.2, 0.25) is 0 Å². The van der Waals surface area contributed by atoms with Gasteiger partial charge in [-0.15, -0.1) is 9.24 Å². The molecule has 25 heavy (non-hydrogen) atoms. The fourth-order valence-electron chi connectivity index (χ4n) is 4.90. The molecule has 0 N–H and O–H groups in total. The normalized spacial score (nSPS) is 19.9. The Hall–Kier alpha value is -1.13. The molecular weight excluding hydrogens is 319 g/mol. The summed E-state index contributed by atoms with van der Waals surface area (Å²) in [4.78, 5) is 0. The van der Waals surface area contributed by atoms with E-state index in [4.69, 9.17) is 0 Å². The molecule has 1 atom stereocenters. The third kappa shape index (κ3) is 4.01. The van der Waals surface area contributed by atoms with Crippen LogP contribution < -0.4 is 5.30 Å². The Bertz CT molecular complexity index is 689. The van der Waals surface area contributed by atoms with Crippen molar-refractivity contribution < 1.29 is 0 Å². The molecule has 2 aliphatic rings. The molecule has 2 saturated carbocycles. The minimum Gasteiger partial charge on any atom is -0.105 e. The maximum absolute atomic E-state index is 2.98. The van der Waals surface area contributed by atoms with Crippen LogP contribution in [0.4, 0.5) is 0 Å². The summed E-state index contributed by atoms with van der Waals surface area (Å²) in [6.07, 6.45) is 14.0. The van der Waals surface area contributed by atoms with E-state index < -0.39 is 0 Å². The largest absolute Gasteiger partial charge is 0.105 e. The molecule has 0 saturated heterocycles. The van der Waals surface area contributed by atoms with Gasteiger partial charge in [0.15, 0.2) is 0 Å². The predicted octanol–water partition coefficient (Wildman–Crippen LogP) is 6.95. The van der Waals surface area contributed by atoms with Crippen molar-refractivity contribution in [2.45, 2.75) is 76.0 Å². The summed E-state index contributed by atoms with van der Waals surface area (Å²) in [7, 11) is 2.98. The Morgan fingerprint density at radius 3 is 1.68 bits per heavy atom. The van der Waals surface area contributed by atoms with Crippen molar-refractivity contribution in [2.24, 2.45) is 0 Å². The molecule has 0 spiro atoms. The summed E-state index contributed by atoms with van der Waals surface area (Å²) in [5.41, 5.74) is 5.83. The van der Waals surface area contributed by atoms with Gasteiger partial charge in [-0.05, 0) is 65.1 Å². The molecule has 2 aliphatic carbocycles. The molecule has 1 unspecified atom stereocenters. The van der Waals surface area contributed by atoms with E-state index in [-0.39, 0.29) is 0 Å². The van der Waals surface area contributed by atoms with Crippen molar-refractivity contribution in [3.8, 4) is 11.1 Å². The highest BCUT2D eigenvalue weighted by Crippen LogP contribution is 2.35. The van der Waals surface area contributed by atoms with Gasteiger partial charge >= 0.3 is 0 Å². The third-order valence-electron chi connectivity index (χ3n) is 6.45. The van der Waals surface area contributed by atoms with Crippen LogP contribution in [0, 0.1) is 0 Å². The molecular formula is C24H31P. The van der Waals surface area contributed by atoms with Crippen LogP contribution in [0.25, 0.3) is 11.1 Å². The van der Waals surface area contributed by atoms with Crippen LogP contribution in [-0.4, -0.2) is 0 Å². The van der Waals surface area contributed by atoms with Crippen molar-refractivity contribution in [1.29, 1.82) is 0 Å². The maximum Gasteiger partial charge on any atom is -0.0112 e. The van der Waals surface area contributed by atoms with Gasteiger partial charge in [-0.2, -0.15) is 0 Å². The van der Waals surface area contributed by atoms with Crippen LogP contribution in [0.2, 0.25) is 0 Å². The van der Waals surface area contributed by atoms with E-state index in [0.717, 1.165) is 11.8 Å². The fourth-order valence-corrected chi connectivity index (χ4v) is 5.36. The average Bonchev–Trinajstić information content (AvgIpc) is 2.69. The Labute approximate surface area is 155 Å². The monoisotopic (exact) mass is 350 g/mol. The zero-order valence-electron chi connectivity index (χ0n) is 15.3. The Morgan fingerprint density at radius 1 is 0.600 bits per heavy atom. The first-order valence-corrected chi connectivity index (χ1v) is 10.9. The molecule has 2 fully saturated rings. The second-order valence-electron chi connectivity index (χ2n) is 8.14. The van der Waals surface area contributed by atoms with E-state index in [1.54, 1.807) is 11.1 Å². The van der Waals surface area contributed by atoms with Gasteiger partial charge in [0.25, 0.3) is 0 Å². The van der Waals surface area contributed by atoms with Crippen LogP contribution in [0.3, 0.4) is 0 Å². The quantitative estimate of drug-likeness (QED) is 0.525. The van der Waals surface area contributed by atoms with Gasteiger partial charge in [-0.25, -0.2) is 0 Å². The molecule has 0 aromatic heterocycles. The Balaban J connectivity index is 1.52. The molecule has 4 rings (SSSR count). The van der Waals surface area contributed by atoms with E-state index in [1.165, 1.54) is 80.6 Å². The minimum absolute atomic E-state index is 0.788. The van der Waals surface area contributed by atoms with E-state index in [9.17, 15) is 0 Å². The lowest BCUT2D eigenvalue weighted by atomic mass is 9.83. The highest BCUT2D eigenvalue weighted by atomic mass is 31.0. The van der Waals surface area contributed by atoms with E-state index in [2.05, 4.69) is 51.7 Å². The highest BCUT2D eigenvalue weighted by Gasteiger charge is 2.17. The molecule has 0 radical (unpaired) electrons. The molecule has 0 aliphatic heterocycles. The predicted molar refractivity (Wildman–Crippen MR) is 113 cm³/mol. The summed E-state index contributed by atoms with van der Waals surface area (Å²) in [6.45, 7) is 0. The van der Waals surface area contributed by atoms with Crippen molar-refractivity contribution in [1.82, 2.24) is 0 Å².